The van der Waals surface area contributed by atoms with E-state index in [9.17, 15) is 4.79 Å². The van der Waals surface area contributed by atoms with Crippen molar-refractivity contribution in [2.75, 3.05) is 0 Å². The van der Waals surface area contributed by atoms with Gasteiger partial charge in [0.15, 0.2) is 0 Å². The Balaban J connectivity index is 0. The molecule has 0 amide bonds. The van der Waals surface area contributed by atoms with E-state index < -0.39 is 5.97 Å². The highest BCUT2D eigenvalue weighted by molar-refractivity contribution is 5.66. The van der Waals surface area contributed by atoms with Crippen molar-refractivity contribution in [3.8, 4) is 0 Å². The fraction of sp³-hybridized carbons (Fsp3) is 0.962. The molecule has 170 valence electrons. The first-order chi connectivity index (χ1) is 13.7. The average Bonchev–Trinajstić information content (AvgIpc) is 2.68. The van der Waals surface area contributed by atoms with Gasteiger partial charge in [-0.05, 0) is 6.42 Å². The van der Waals surface area contributed by atoms with Crippen LogP contribution in [0.15, 0.2) is 0 Å². The van der Waals surface area contributed by atoms with Crippen LogP contribution in [0.5, 0.6) is 0 Å². The predicted molar refractivity (Wildman–Crippen MR) is 126 cm³/mol. The van der Waals surface area contributed by atoms with Gasteiger partial charge in [0.25, 0.3) is 0 Å². The molecule has 0 aliphatic carbocycles. The first kappa shape index (κ1) is 29.7. The summed E-state index contributed by atoms with van der Waals surface area (Å²) in [5, 5.41) is 8.41. The van der Waals surface area contributed by atoms with Crippen LogP contribution in [-0.4, -0.2) is 11.1 Å². The minimum atomic E-state index is -0.659. The molecule has 0 aromatic heterocycles. The molecule has 0 aliphatic rings. The number of hydrogen-bond acceptors (Lipinski definition) is 1. The van der Waals surface area contributed by atoms with Gasteiger partial charge in [-0.1, -0.05) is 149 Å². The summed E-state index contributed by atoms with van der Waals surface area (Å²) in [4.78, 5) is 10.2. The fourth-order valence-corrected chi connectivity index (χ4v) is 3.50. The molecule has 2 heteroatoms. The van der Waals surface area contributed by atoms with Crippen molar-refractivity contribution >= 4 is 5.97 Å². The van der Waals surface area contributed by atoms with E-state index in [4.69, 9.17) is 5.11 Å². The van der Waals surface area contributed by atoms with Gasteiger partial charge in [0.2, 0.25) is 0 Å². The Kier molecular flexibility index (Phi) is 30.4. The lowest BCUT2D eigenvalue weighted by molar-refractivity contribution is -0.137. The van der Waals surface area contributed by atoms with Gasteiger partial charge in [-0.25, -0.2) is 0 Å². The molecule has 0 saturated heterocycles. The van der Waals surface area contributed by atoms with Crippen LogP contribution >= 0.6 is 0 Å². The van der Waals surface area contributed by atoms with Gasteiger partial charge in [-0.2, -0.15) is 0 Å². The Labute approximate surface area is 178 Å². The molecule has 0 rings (SSSR count). The maximum atomic E-state index is 10.2. The third-order valence-electron chi connectivity index (χ3n) is 5.45. The molecule has 0 aliphatic heterocycles. The number of unbranched alkanes of at least 4 members (excludes halogenated alkanes) is 19. The highest BCUT2D eigenvalue weighted by Gasteiger charge is 1.96. The van der Waals surface area contributed by atoms with E-state index in [2.05, 4.69) is 20.8 Å². The van der Waals surface area contributed by atoms with E-state index in [1.54, 1.807) is 0 Å². The summed E-state index contributed by atoms with van der Waals surface area (Å²) in [6.45, 7) is 6.80. The highest BCUT2D eigenvalue weighted by Crippen LogP contribution is 2.12. The average molecular weight is 399 g/mol. The molecule has 0 spiro atoms. The second kappa shape index (κ2) is 28.7. The molecule has 0 aromatic rings. The van der Waals surface area contributed by atoms with Crippen LogP contribution in [0.2, 0.25) is 0 Å². The van der Waals surface area contributed by atoms with Gasteiger partial charge in [0, 0.05) is 6.42 Å². The zero-order chi connectivity index (χ0) is 21.1. The van der Waals surface area contributed by atoms with Crippen molar-refractivity contribution in [2.45, 2.75) is 162 Å². The molecule has 2 nitrogen and oxygen atoms in total. The van der Waals surface area contributed by atoms with Crippen LogP contribution in [0.3, 0.4) is 0 Å². The van der Waals surface area contributed by atoms with Crippen molar-refractivity contribution < 1.29 is 9.90 Å². The number of aliphatic carboxylic acids is 1. The van der Waals surface area contributed by atoms with Crippen LogP contribution in [0.4, 0.5) is 0 Å². The molecular weight excluding hydrogens is 344 g/mol. The van der Waals surface area contributed by atoms with Crippen molar-refractivity contribution in [1.29, 1.82) is 0 Å². The molecule has 0 radical (unpaired) electrons. The van der Waals surface area contributed by atoms with Gasteiger partial charge in [-0.15, -0.1) is 0 Å². The third kappa shape index (κ3) is 33.1. The standard InChI is InChI=1S/C14H30.C12H24O2/c1-3-5-7-9-11-13-14-12-10-8-6-4-2;1-2-3-4-5-6-7-8-9-10-11-12(13)14/h3-14H2,1-2H3;2-11H2,1H3,(H,13,14). The Morgan fingerprint density at radius 2 is 0.643 bits per heavy atom. The lowest BCUT2D eigenvalue weighted by Gasteiger charge is -2.01. The summed E-state index contributed by atoms with van der Waals surface area (Å²) >= 11 is 0. The maximum absolute atomic E-state index is 10.2. The Hall–Kier alpha value is -0.530. The van der Waals surface area contributed by atoms with E-state index in [0.717, 1.165) is 12.8 Å². The van der Waals surface area contributed by atoms with Crippen LogP contribution in [0.1, 0.15) is 162 Å². The quantitative estimate of drug-likeness (QED) is 0.195. The fourth-order valence-electron chi connectivity index (χ4n) is 3.50. The van der Waals surface area contributed by atoms with E-state index in [1.807, 2.05) is 0 Å². The number of rotatable bonds is 21. The van der Waals surface area contributed by atoms with Crippen molar-refractivity contribution in [2.24, 2.45) is 0 Å². The topological polar surface area (TPSA) is 37.3 Å². The first-order valence-corrected chi connectivity index (χ1v) is 12.9. The molecule has 0 unspecified atom stereocenters. The number of carbonyl (C=O) groups is 1. The molecule has 0 atom stereocenters. The van der Waals surface area contributed by atoms with Gasteiger partial charge < -0.3 is 5.11 Å². The Morgan fingerprint density at radius 3 is 0.857 bits per heavy atom. The van der Waals surface area contributed by atoms with Gasteiger partial charge in [0.1, 0.15) is 0 Å². The summed E-state index contributed by atoms with van der Waals surface area (Å²) in [5.41, 5.74) is 0. The predicted octanol–water partition coefficient (Wildman–Crippen LogP) is 9.70. The number of carboxylic acid groups (broad SMARTS) is 1. The minimum absolute atomic E-state index is 0.343. The largest absolute Gasteiger partial charge is 0.481 e. The zero-order valence-electron chi connectivity index (χ0n) is 19.9. The van der Waals surface area contributed by atoms with Gasteiger partial charge in [0.05, 0.1) is 0 Å². The summed E-state index contributed by atoms with van der Waals surface area (Å²) in [6.07, 6.45) is 28.9. The summed E-state index contributed by atoms with van der Waals surface area (Å²) in [5.74, 6) is -0.659. The third-order valence-corrected chi connectivity index (χ3v) is 5.45. The number of carboxylic acids is 1. The molecule has 0 aromatic carbocycles. The molecule has 0 fully saturated rings. The summed E-state index contributed by atoms with van der Waals surface area (Å²) in [7, 11) is 0. The molecule has 28 heavy (non-hydrogen) atoms. The maximum Gasteiger partial charge on any atom is 0.303 e. The van der Waals surface area contributed by atoms with Crippen molar-refractivity contribution in [1.82, 2.24) is 0 Å². The second-order valence-electron chi connectivity index (χ2n) is 8.51. The molecule has 0 saturated carbocycles. The van der Waals surface area contributed by atoms with E-state index in [1.165, 1.54) is 122 Å². The number of hydrogen-bond donors (Lipinski definition) is 1. The molecular formula is C26H54O2. The van der Waals surface area contributed by atoms with Crippen LogP contribution < -0.4 is 0 Å². The summed E-state index contributed by atoms with van der Waals surface area (Å²) < 4.78 is 0. The first-order valence-electron chi connectivity index (χ1n) is 12.9. The zero-order valence-corrected chi connectivity index (χ0v) is 19.9. The normalized spacial score (nSPS) is 10.5. The highest BCUT2D eigenvalue weighted by atomic mass is 16.4. The SMILES string of the molecule is CCCCCCCCCCCC(=O)O.CCCCCCCCCCCCCC. The minimum Gasteiger partial charge on any atom is -0.481 e. The Morgan fingerprint density at radius 1 is 0.429 bits per heavy atom. The van der Waals surface area contributed by atoms with Crippen molar-refractivity contribution in [3.63, 3.8) is 0 Å². The van der Waals surface area contributed by atoms with E-state index >= 15 is 0 Å². The van der Waals surface area contributed by atoms with Crippen molar-refractivity contribution in [3.05, 3.63) is 0 Å². The van der Waals surface area contributed by atoms with E-state index in [-0.39, 0.29) is 0 Å². The molecule has 1 N–H and O–H groups in total. The summed E-state index contributed by atoms with van der Waals surface area (Å²) in [6, 6.07) is 0. The monoisotopic (exact) mass is 398 g/mol. The lowest BCUT2D eigenvalue weighted by Crippen LogP contribution is -1.93. The van der Waals surface area contributed by atoms with E-state index in [0.29, 0.717) is 6.42 Å². The van der Waals surface area contributed by atoms with Crippen LogP contribution in [-0.2, 0) is 4.79 Å². The molecule has 0 heterocycles. The van der Waals surface area contributed by atoms with Crippen LogP contribution in [0, 0.1) is 0 Å². The Bertz CT molecular complexity index is 264. The molecule has 0 bridgehead atoms. The second-order valence-corrected chi connectivity index (χ2v) is 8.51. The van der Waals surface area contributed by atoms with Gasteiger partial charge in [-0.3, -0.25) is 4.79 Å². The smallest absolute Gasteiger partial charge is 0.303 e. The van der Waals surface area contributed by atoms with Gasteiger partial charge >= 0.3 is 5.97 Å². The lowest BCUT2D eigenvalue weighted by atomic mass is 10.1. The van der Waals surface area contributed by atoms with Crippen LogP contribution in [0.25, 0.3) is 0 Å².